The molecule has 2 amide bonds. The van der Waals surface area contributed by atoms with Crippen molar-refractivity contribution in [1.29, 1.82) is 0 Å². The topological polar surface area (TPSA) is 140 Å². The van der Waals surface area contributed by atoms with E-state index in [1.165, 1.54) is 0 Å². The normalized spacial score (nSPS) is 11.9. The predicted octanol–water partition coefficient (Wildman–Crippen LogP) is 1.39. The van der Waals surface area contributed by atoms with Gasteiger partial charge in [0, 0.05) is 30.3 Å². The van der Waals surface area contributed by atoms with Crippen LogP contribution in [0.25, 0.3) is 5.65 Å². The number of nitrogens with one attached hydrogen (secondary N) is 2. The van der Waals surface area contributed by atoms with Crippen LogP contribution in [-0.2, 0) is 4.79 Å². The average molecular weight is 371 g/mol. The van der Waals surface area contributed by atoms with E-state index in [-0.39, 0.29) is 17.2 Å². The number of imidazole rings is 1. The zero-order chi connectivity index (χ0) is 19.6. The molecule has 3 heterocycles. The molecule has 0 aliphatic heterocycles. The average Bonchev–Trinajstić information content (AvgIpc) is 3.08. The van der Waals surface area contributed by atoms with Crippen LogP contribution in [0.5, 0.6) is 0 Å². The van der Waals surface area contributed by atoms with E-state index < -0.39 is 23.7 Å². The van der Waals surface area contributed by atoms with Crippen molar-refractivity contribution in [3.8, 4) is 0 Å². The van der Waals surface area contributed by atoms with Crippen LogP contribution in [0.3, 0.4) is 0 Å². The number of carbonyl (C=O) groups is 2. The Balaban J connectivity index is 1.99. The monoisotopic (exact) mass is 371 g/mol. The molecule has 3 aromatic rings. The minimum absolute atomic E-state index is 0.0432. The maximum Gasteiger partial charge on any atom is 0.252 e. The molecule has 27 heavy (non-hydrogen) atoms. The Kier molecular flexibility index (Phi) is 4.88. The number of nitrogens with zero attached hydrogens (tertiary/aromatic N) is 3. The molecule has 10 heteroatoms. The number of primary amides is 2. The summed E-state index contributed by atoms with van der Waals surface area (Å²) in [5, 5.41) is 5.58. The largest absolute Gasteiger partial charge is 0.368 e. The lowest BCUT2D eigenvalue weighted by Crippen LogP contribution is -2.35. The van der Waals surface area contributed by atoms with Crippen molar-refractivity contribution >= 4 is 34.8 Å². The lowest BCUT2D eigenvalue weighted by molar-refractivity contribution is -0.118. The van der Waals surface area contributed by atoms with Crippen molar-refractivity contribution in [2.24, 2.45) is 11.5 Å². The third kappa shape index (κ3) is 3.78. The van der Waals surface area contributed by atoms with Crippen molar-refractivity contribution in [2.75, 3.05) is 10.6 Å². The third-order valence-corrected chi connectivity index (χ3v) is 3.96. The van der Waals surface area contributed by atoms with Gasteiger partial charge in [0.15, 0.2) is 11.6 Å². The first-order chi connectivity index (χ1) is 12.9. The molecule has 0 aromatic carbocycles. The van der Waals surface area contributed by atoms with E-state index in [0.717, 1.165) is 6.07 Å². The molecule has 0 saturated heterocycles. The van der Waals surface area contributed by atoms with E-state index in [2.05, 4.69) is 20.6 Å². The quantitative estimate of drug-likeness (QED) is 0.495. The standard InChI is InChI=1S/C17H18FN7O2/c1-2-12(15(20)27)23-17-11(18)8-10(14(19)26)16(24-17)22-9-3-5-25-6-4-21-13(25)7-9/h3-8,12H,2H2,1H3,(H2,19,26)(H2,20,27)(H2,22,23,24). The summed E-state index contributed by atoms with van der Waals surface area (Å²) in [7, 11) is 0. The van der Waals surface area contributed by atoms with Crippen LogP contribution in [0.2, 0.25) is 0 Å². The summed E-state index contributed by atoms with van der Waals surface area (Å²) in [5.74, 6) is -2.48. The second-order valence-corrected chi connectivity index (χ2v) is 5.82. The number of fused-ring (bicyclic) bond motifs is 1. The van der Waals surface area contributed by atoms with E-state index in [9.17, 15) is 14.0 Å². The number of hydrogen-bond acceptors (Lipinski definition) is 6. The lowest BCUT2D eigenvalue weighted by Gasteiger charge is -2.17. The highest BCUT2D eigenvalue weighted by Crippen LogP contribution is 2.25. The first kappa shape index (κ1) is 18.1. The van der Waals surface area contributed by atoms with Gasteiger partial charge in [-0.1, -0.05) is 6.92 Å². The van der Waals surface area contributed by atoms with E-state index in [1.807, 2.05) is 0 Å². The number of halogens is 1. The van der Waals surface area contributed by atoms with Gasteiger partial charge >= 0.3 is 0 Å². The molecule has 3 rings (SSSR count). The molecule has 0 aliphatic carbocycles. The van der Waals surface area contributed by atoms with Crippen LogP contribution < -0.4 is 22.1 Å². The molecule has 0 radical (unpaired) electrons. The van der Waals surface area contributed by atoms with Crippen LogP contribution in [0, 0.1) is 5.82 Å². The van der Waals surface area contributed by atoms with Gasteiger partial charge < -0.3 is 26.5 Å². The van der Waals surface area contributed by atoms with Crippen molar-refractivity contribution < 1.29 is 14.0 Å². The molecule has 0 spiro atoms. The van der Waals surface area contributed by atoms with Gasteiger partial charge in [-0.05, 0) is 18.6 Å². The fraction of sp³-hybridized carbons (Fsp3) is 0.176. The zero-order valence-electron chi connectivity index (χ0n) is 14.4. The highest BCUT2D eigenvalue weighted by Gasteiger charge is 2.20. The Morgan fingerprint density at radius 2 is 2.04 bits per heavy atom. The van der Waals surface area contributed by atoms with Crippen molar-refractivity contribution in [2.45, 2.75) is 19.4 Å². The van der Waals surface area contributed by atoms with Crippen LogP contribution in [0.4, 0.5) is 21.7 Å². The SMILES string of the molecule is CCC(Nc1nc(Nc2ccn3ccnc3c2)c(C(N)=O)cc1F)C(N)=O. The first-order valence-electron chi connectivity index (χ1n) is 8.15. The van der Waals surface area contributed by atoms with E-state index in [1.54, 1.807) is 42.0 Å². The molecular weight excluding hydrogens is 353 g/mol. The summed E-state index contributed by atoms with van der Waals surface area (Å²) in [6.45, 7) is 1.72. The smallest absolute Gasteiger partial charge is 0.252 e. The van der Waals surface area contributed by atoms with Gasteiger partial charge in [-0.3, -0.25) is 9.59 Å². The van der Waals surface area contributed by atoms with E-state index >= 15 is 0 Å². The molecule has 0 saturated carbocycles. The molecule has 140 valence electrons. The summed E-state index contributed by atoms with van der Waals surface area (Å²) in [6.07, 6.45) is 5.52. The van der Waals surface area contributed by atoms with Crippen LogP contribution in [-0.4, -0.2) is 32.2 Å². The maximum atomic E-state index is 14.3. The van der Waals surface area contributed by atoms with Gasteiger partial charge in [-0.2, -0.15) is 0 Å². The number of pyridine rings is 2. The molecule has 0 fully saturated rings. The highest BCUT2D eigenvalue weighted by molar-refractivity contribution is 5.98. The van der Waals surface area contributed by atoms with Gasteiger partial charge in [0.25, 0.3) is 5.91 Å². The number of aromatic nitrogens is 3. The Labute approximate surface area is 153 Å². The summed E-state index contributed by atoms with van der Waals surface area (Å²) in [6, 6.07) is 3.61. The number of rotatable bonds is 7. The molecule has 0 bridgehead atoms. The van der Waals surface area contributed by atoms with Crippen molar-refractivity contribution in [1.82, 2.24) is 14.4 Å². The first-order valence-corrected chi connectivity index (χ1v) is 8.15. The van der Waals surface area contributed by atoms with Crippen molar-refractivity contribution in [3.63, 3.8) is 0 Å². The fourth-order valence-corrected chi connectivity index (χ4v) is 2.54. The van der Waals surface area contributed by atoms with Crippen molar-refractivity contribution in [3.05, 3.63) is 48.2 Å². The lowest BCUT2D eigenvalue weighted by atomic mass is 10.2. The van der Waals surface area contributed by atoms with Gasteiger partial charge in [0.1, 0.15) is 17.5 Å². The van der Waals surface area contributed by atoms with Crippen LogP contribution >= 0.6 is 0 Å². The van der Waals surface area contributed by atoms with Gasteiger partial charge in [-0.15, -0.1) is 0 Å². The number of hydrogen-bond donors (Lipinski definition) is 4. The minimum atomic E-state index is -0.848. The summed E-state index contributed by atoms with van der Waals surface area (Å²) >= 11 is 0. The molecule has 1 unspecified atom stereocenters. The number of anilines is 3. The second kappa shape index (κ2) is 7.28. The summed E-state index contributed by atoms with van der Waals surface area (Å²) in [5.41, 5.74) is 11.7. The molecule has 1 atom stereocenters. The number of carbonyl (C=O) groups excluding carboxylic acids is 2. The van der Waals surface area contributed by atoms with Crippen LogP contribution in [0.15, 0.2) is 36.8 Å². The molecule has 3 aromatic heterocycles. The molecule has 6 N–H and O–H groups in total. The second-order valence-electron chi connectivity index (χ2n) is 5.82. The van der Waals surface area contributed by atoms with E-state index in [4.69, 9.17) is 11.5 Å². The predicted molar refractivity (Wildman–Crippen MR) is 98.1 cm³/mol. The fourth-order valence-electron chi connectivity index (χ4n) is 2.54. The summed E-state index contributed by atoms with van der Waals surface area (Å²) < 4.78 is 16.1. The van der Waals surface area contributed by atoms with E-state index in [0.29, 0.717) is 17.8 Å². The number of amides is 2. The Bertz CT molecular complexity index is 1020. The maximum absolute atomic E-state index is 14.3. The Hall–Kier alpha value is -3.69. The minimum Gasteiger partial charge on any atom is -0.368 e. The Morgan fingerprint density at radius 1 is 1.26 bits per heavy atom. The zero-order valence-corrected chi connectivity index (χ0v) is 14.4. The van der Waals surface area contributed by atoms with Crippen LogP contribution in [0.1, 0.15) is 23.7 Å². The summed E-state index contributed by atoms with van der Waals surface area (Å²) in [4.78, 5) is 31.4. The molecular formula is C17H18FN7O2. The molecule has 0 aliphatic rings. The molecule has 9 nitrogen and oxygen atoms in total. The van der Waals surface area contributed by atoms with Gasteiger partial charge in [0.05, 0.1) is 5.56 Å². The van der Waals surface area contributed by atoms with Gasteiger partial charge in [-0.25, -0.2) is 14.4 Å². The van der Waals surface area contributed by atoms with Gasteiger partial charge in [0.2, 0.25) is 5.91 Å². The number of nitrogens with two attached hydrogens (primary N) is 2. The third-order valence-electron chi connectivity index (χ3n) is 3.96. The highest BCUT2D eigenvalue weighted by atomic mass is 19.1. The Morgan fingerprint density at radius 3 is 2.70 bits per heavy atom.